The molecule has 3 heterocycles. The summed E-state index contributed by atoms with van der Waals surface area (Å²) in [6.45, 7) is 3.61. The second kappa shape index (κ2) is 9.02. The molecule has 1 aromatic heterocycles. The summed E-state index contributed by atoms with van der Waals surface area (Å²) < 4.78 is 7.15. The van der Waals surface area contributed by atoms with Gasteiger partial charge in [0.2, 0.25) is 11.8 Å². The van der Waals surface area contributed by atoms with E-state index in [2.05, 4.69) is 0 Å². The highest BCUT2D eigenvalue weighted by molar-refractivity contribution is 5.82. The van der Waals surface area contributed by atoms with Gasteiger partial charge in [0.1, 0.15) is 5.82 Å². The van der Waals surface area contributed by atoms with Gasteiger partial charge in [-0.05, 0) is 37.8 Å². The maximum atomic E-state index is 13.0. The number of hydrogen-bond donors (Lipinski definition) is 0. The summed E-state index contributed by atoms with van der Waals surface area (Å²) in [6.07, 6.45) is 4.38. The average Bonchev–Trinajstić information content (AvgIpc) is 3.68. The van der Waals surface area contributed by atoms with E-state index in [0.717, 1.165) is 25.7 Å². The minimum atomic E-state index is -0.130. The van der Waals surface area contributed by atoms with Crippen LogP contribution in [0.25, 0.3) is 10.9 Å². The van der Waals surface area contributed by atoms with Crippen molar-refractivity contribution in [3.8, 4) is 0 Å². The van der Waals surface area contributed by atoms with Crippen LogP contribution in [0.1, 0.15) is 44.0 Å². The van der Waals surface area contributed by atoms with Crippen LogP contribution in [0, 0.1) is 5.92 Å². The maximum Gasteiger partial charge on any atom is 0.261 e. The number of carbonyl (C=O) groups excluding carboxylic acids is 2. The van der Waals surface area contributed by atoms with Crippen LogP contribution in [0.4, 0.5) is 0 Å². The lowest BCUT2D eigenvalue weighted by atomic mass is 9.96. The second-order valence-corrected chi connectivity index (χ2v) is 9.07. The average molecular weight is 439 g/mol. The summed E-state index contributed by atoms with van der Waals surface area (Å²) in [5, 5.41) is 0.634. The van der Waals surface area contributed by atoms with Crippen LogP contribution < -0.4 is 5.56 Å². The van der Waals surface area contributed by atoms with Gasteiger partial charge in [-0.2, -0.15) is 0 Å². The van der Waals surface area contributed by atoms with Crippen molar-refractivity contribution in [2.24, 2.45) is 5.92 Å². The molecule has 2 saturated heterocycles. The molecule has 0 bridgehead atoms. The molecule has 1 unspecified atom stereocenters. The van der Waals surface area contributed by atoms with Crippen LogP contribution in [0.2, 0.25) is 0 Å². The minimum Gasteiger partial charge on any atom is -0.378 e. The molecule has 32 heavy (non-hydrogen) atoms. The molecule has 8 nitrogen and oxygen atoms in total. The van der Waals surface area contributed by atoms with Crippen LogP contribution in [0.15, 0.2) is 29.1 Å². The highest BCUT2D eigenvalue weighted by Gasteiger charge is 2.32. The predicted molar refractivity (Wildman–Crippen MR) is 119 cm³/mol. The van der Waals surface area contributed by atoms with Crippen LogP contribution >= 0.6 is 0 Å². The topological polar surface area (TPSA) is 84.7 Å². The molecule has 1 saturated carbocycles. The molecule has 1 atom stereocenters. The monoisotopic (exact) mass is 438 g/mol. The SMILES string of the molecule is O=C(CCc1nc2ccccc2c(=O)n1C1CC1)N1CCCC(C(=O)N2CCOCC2)C1. The number of ether oxygens (including phenoxy) is 1. The zero-order chi connectivity index (χ0) is 22.1. The molecule has 170 valence electrons. The molecule has 2 amide bonds. The van der Waals surface area contributed by atoms with Gasteiger partial charge in [0.25, 0.3) is 5.56 Å². The van der Waals surface area contributed by atoms with E-state index < -0.39 is 0 Å². The van der Waals surface area contributed by atoms with Crippen LogP contribution in [-0.2, 0) is 20.7 Å². The molecule has 2 aliphatic heterocycles. The number of hydrogen-bond acceptors (Lipinski definition) is 5. The number of morpholine rings is 1. The lowest BCUT2D eigenvalue weighted by molar-refractivity contribution is -0.144. The van der Waals surface area contributed by atoms with Crippen LogP contribution in [0.3, 0.4) is 0 Å². The van der Waals surface area contributed by atoms with Crippen LogP contribution in [0.5, 0.6) is 0 Å². The molecule has 0 N–H and O–H groups in total. The first-order valence-corrected chi connectivity index (χ1v) is 11.8. The van der Waals surface area contributed by atoms with Gasteiger partial charge in [-0.15, -0.1) is 0 Å². The Labute approximate surface area is 187 Å². The molecule has 8 heteroatoms. The molecule has 2 aromatic rings. The third-order valence-corrected chi connectivity index (χ3v) is 6.80. The van der Waals surface area contributed by atoms with Gasteiger partial charge in [-0.3, -0.25) is 19.0 Å². The summed E-state index contributed by atoms with van der Waals surface area (Å²) in [5.74, 6) is 0.746. The van der Waals surface area contributed by atoms with E-state index in [4.69, 9.17) is 9.72 Å². The normalized spacial score (nSPS) is 21.7. The van der Waals surface area contributed by atoms with E-state index in [1.807, 2.05) is 34.1 Å². The number of likely N-dealkylation sites (tertiary alicyclic amines) is 1. The van der Waals surface area contributed by atoms with E-state index in [1.54, 1.807) is 4.57 Å². The Morgan fingerprint density at radius 3 is 2.59 bits per heavy atom. The van der Waals surface area contributed by atoms with Gasteiger partial charge in [0.05, 0.1) is 30.0 Å². The summed E-state index contributed by atoms with van der Waals surface area (Å²) in [4.78, 5) is 47.4. The largest absolute Gasteiger partial charge is 0.378 e. The Bertz CT molecular complexity index is 1070. The highest BCUT2D eigenvalue weighted by atomic mass is 16.5. The van der Waals surface area contributed by atoms with Crippen LogP contribution in [-0.4, -0.2) is 70.6 Å². The first kappa shape index (κ1) is 21.1. The summed E-state index contributed by atoms with van der Waals surface area (Å²) >= 11 is 0. The van der Waals surface area contributed by atoms with Gasteiger partial charge in [0, 0.05) is 45.1 Å². The van der Waals surface area contributed by atoms with E-state index in [1.165, 1.54) is 0 Å². The number of para-hydroxylation sites is 1. The van der Waals surface area contributed by atoms with E-state index in [0.29, 0.717) is 69.0 Å². The van der Waals surface area contributed by atoms with Crippen molar-refractivity contribution in [2.75, 3.05) is 39.4 Å². The smallest absolute Gasteiger partial charge is 0.261 e. The lowest BCUT2D eigenvalue weighted by Crippen LogP contribution is -2.49. The van der Waals surface area contributed by atoms with Crippen molar-refractivity contribution in [3.05, 3.63) is 40.4 Å². The fourth-order valence-corrected chi connectivity index (χ4v) is 4.90. The number of nitrogens with zero attached hydrogens (tertiary/aromatic N) is 4. The standard InChI is InChI=1S/C24H30N4O4/c29-22(27-11-3-4-17(16-27)23(30)26-12-14-32-15-13-26)10-9-21-25-20-6-2-1-5-19(20)24(31)28(21)18-7-8-18/h1-2,5-6,17-18H,3-4,7-16H2. The Kier molecular flexibility index (Phi) is 5.95. The lowest BCUT2D eigenvalue weighted by Gasteiger charge is -2.36. The van der Waals surface area contributed by atoms with Crippen molar-refractivity contribution in [1.82, 2.24) is 19.4 Å². The Balaban J connectivity index is 1.26. The number of aromatic nitrogens is 2. The Morgan fingerprint density at radius 1 is 1.03 bits per heavy atom. The van der Waals surface area contributed by atoms with Gasteiger partial charge in [-0.1, -0.05) is 12.1 Å². The van der Waals surface area contributed by atoms with Gasteiger partial charge < -0.3 is 14.5 Å². The number of fused-ring (bicyclic) bond motifs is 1. The van der Waals surface area contributed by atoms with E-state index in [9.17, 15) is 14.4 Å². The molecule has 0 radical (unpaired) electrons. The number of aryl methyl sites for hydroxylation is 1. The van der Waals surface area contributed by atoms with Crippen molar-refractivity contribution in [3.63, 3.8) is 0 Å². The molecule has 3 fully saturated rings. The fourth-order valence-electron chi connectivity index (χ4n) is 4.90. The number of piperidine rings is 1. The van der Waals surface area contributed by atoms with Crippen molar-refractivity contribution >= 4 is 22.7 Å². The van der Waals surface area contributed by atoms with Crippen molar-refractivity contribution in [1.29, 1.82) is 0 Å². The molecule has 3 aliphatic rings. The molecule has 0 spiro atoms. The minimum absolute atomic E-state index is 0.00491. The fraction of sp³-hybridized carbons (Fsp3) is 0.583. The number of carbonyl (C=O) groups is 2. The van der Waals surface area contributed by atoms with E-state index >= 15 is 0 Å². The number of rotatable bonds is 5. The Hall–Kier alpha value is -2.74. The zero-order valence-electron chi connectivity index (χ0n) is 18.4. The van der Waals surface area contributed by atoms with Gasteiger partial charge in [-0.25, -0.2) is 4.98 Å². The number of benzene rings is 1. The summed E-state index contributed by atoms with van der Waals surface area (Å²) in [7, 11) is 0. The van der Waals surface area contributed by atoms with Gasteiger partial charge in [0.15, 0.2) is 0 Å². The molecule has 1 aliphatic carbocycles. The number of amides is 2. The van der Waals surface area contributed by atoms with Crippen molar-refractivity contribution in [2.45, 2.75) is 44.6 Å². The van der Waals surface area contributed by atoms with Gasteiger partial charge >= 0.3 is 0 Å². The zero-order valence-corrected chi connectivity index (χ0v) is 18.4. The maximum absolute atomic E-state index is 13.0. The predicted octanol–water partition coefficient (Wildman–Crippen LogP) is 1.76. The summed E-state index contributed by atoms with van der Waals surface area (Å²) in [6, 6.07) is 7.61. The third kappa shape index (κ3) is 4.28. The second-order valence-electron chi connectivity index (χ2n) is 9.07. The molecular formula is C24H30N4O4. The Morgan fingerprint density at radius 2 is 1.81 bits per heavy atom. The van der Waals surface area contributed by atoms with E-state index in [-0.39, 0.29) is 29.3 Å². The quantitative estimate of drug-likeness (QED) is 0.710. The molecule has 1 aromatic carbocycles. The first-order chi connectivity index (χ1) is 15.6. The summed E-state index contributed by atoms with van der Waals surface area (Å²) in [5.41, 5.74) is 0.681. The first-order valence-electron chi connectivity index (χ1n) is 11.8. The highest BCUT2D eigenvalue weighted by Crippen LogP contribution is 2.35. The molecular weight excluding hydrogens is 408 g/mol. The third-order valence-electron chi connectivity index (χ3n) is 6.80. The van der Waals surface area contributed by atoms with Crippen molar-refractivity contribution < 1.29 is 14.3 Å². The molecule has 5 rings (SSSR count).